The van der Waals surface area contributed by atoms with E-state index in [0.717, 1.165) is 65.4 Å². The van der Waals surface area contributed by atoms with Gasteiger partial charge < -0.3 is 31.9 Å². The second-order valence-electron chi connectivity index (χ2n) is 13.0. The third-order valence-electron chi connectivity index (χ3n) is 9.18. The smallest absolute Gasteiger partial charge is 0.0406 e. The fourth-order valence-electron chi connectivity index (χ4n) is 6.54. The first-order valence-corrected chi connectivity index (χ1v) is 16.2. The molecule has 0 amide bonds. The Morgan fingerprint density at radius 1 is 0.500 bits per heavy atom. The zero-order valence-corrected chi connectivity index (χ0v) is 26.3. The van der Waals surface area contributed by atoms with Gasteiger partial charge in [-0.05, 0) is 63.4 Å². The topological polar surface area (TPSA) is 72.2 Å². The Morgan fingerprint density at radius 2 is 0.932 bits per heavy atom. The Bertz CT molecular complexity index is 1610. The van der Waals surface area contributed by atoms with Crippen molar-refractivity contribution in [3.63, 3.8) is 0 Å². The van der Waals surface area contributed by atoms with Crippen molar-refractivity contribution in [1.82, 2.24) is 31.9 Å². The minimum atomic E-state index is -0.101. The molecule has 5 aromatic rings. The molecule has 5 aromatic carbocycles. The van der Waals surface area contributed by atoms with Crippen molar-refractivity contribution < 1.29 is 0 Å². The fourth-order valence-corrected chi connectivity index (χ4v) is 6.54. The molecule has 1 aliphatic rings. The fraction of sp³-hybridized carbons (Fsp3) is 0.368. The molecule has 0 atom stereocenters. The van der Waals surface area contributed by atoms with Crippen LogP contribution in [0.25, 0.3) is 32.3 Å². The molecule has 0 radical (unpaired) electrons. The Morgan fingerprint density at radius 3 is 1.48 bits per heavy atom. The summed E-state index contributed by atoms with van der Waals surface area (Å²) in [6, 6.07) is 35.1. The van der Waals surface area contributed by atoms with Gasteiger partial charge in [0.1, 0.15) is 0 Å². The van der Waals surface area contributed by atoms with Crippen LogP contribution in [0.15, 0.2) is 97.1 Å². The van der Waals surface area contributed by atoms with Gasteiger partial charge in [-0.15, -0.1) is 0 Å². The predicted octanol–water partition coefficient (Wildman–Crippen LogP) is 4.92. The average Bonchev–Trinajstić information content (AvgIpc) is 3.05. The Kier molecular flexibility index (Phi) is 9.87. The van der Waals surface area contributed by atoms with E-state index < -0.39 is 0 Å². The van der Waals surface area contributed by atoms with Gasteiger partial charge in [0.2, 0.25) is 0 Å². The highest BCUT2D eigenvalue weighted by atomic mass is 15.1. The van der Waals surface area contributed by atoms with Crippen molar-refractivity contribution in [2.45, 2.75) is 38.0 Å². The van der Waals surface area contributed by atoms with E-state index in [-0.39, 0.29) is 11.1 Å². The van der Waals surface area contributed by atoms with Gasteiger partial charge in [-0.25, -0.2) is 0 Å². The summed E-state index contributed by atoms with van der Waals surface area (Å²) in [5.41, 5.74) is 2.54. The van der Waals surface area contributed by atoms with Crippen LogP contribution in [0.3, 0.4) is 0 Å². The van der Waals surface area contributed by atoms with Crippen molar-refractivity contribution in [2.24, 2.45) is 0 Å². The second kappa shape index (κ2) is 14.2. The number of nitrogens with one attached hydrogen (secondary N) is 6. The lowest BCUT2D eigenvalue weighted by Crippen LogP contribution is -2.59. The number of hydrogen-bond acceptors (Lipinski definition) is 6. The van der Waals surface area contributed by atoms with Crippen LogP contribution in [-0.4, -0.2) is 63.4 Å². The van der Waals surface area contributed by atoms with Crippen LogP contribution in [0, 0.1) is 0 Å². The maximum absolute atomic E-state index is 3.96. The van der Waals surface area contributed by atoms with Gasteiger partial charge in [-0.3, -0.25) is 0 Å². The van der Waals surface area contributed by atoms with Crippen molar-refractivity contribution in [3.05, 3.63) is 108 Å². The number of rotatable bonds is 6. The van der Waals surface area contributed by atoms with E-state index in [9.17, 15) is 0 Å². The summed E-state index contributed by atoms with van der Waals surface area (Å²) < 4.78 is 0. The Labute approximate surface area is 262 Å². The summed E-state index contributed by atoms with van der Waals surface area (Å²) >= 11 is 0. The van der Waals surface area contributed by atoms with Gasteiger partial charge in [0, 0.05) is 76.5 Å². The maximum Gasteiger partial charge on any atom is 0.0406 e. The summed E-state index contributed by atoms with van der Waals surface area (Å²) in [5.74, 6) is 0. The molecule has 0 aromatic heterocycles. The molecule has 1 saturated heterocycles. The van der Waals surface area contributed by atoms with Crippen LogP contribution in [0.1, 0.15) is 25.0 Å². The molecule has 230 valence electrons. The Balaban J connectivity index is 1.07. The van der Waals surface area contributed by atoms with Gasteiger partial charge in [0.05, 0.1) is 0 Å². The highest BCUT2D eigenvalue weighted by Crippen LogP contribution is 2.29. The van der Waals surface area contributed by atoms with E-state index in [1.54, 1.807) is 0 Å². The van der Waals surface area contributed by atoms with Gasteiger partial charge >= 0.3 is 0 Å². The zero-order valence-electron chi connectivity index (χ0n) is 26.3. The molecule has 0 saturated carbocycles. The van der Waals surface area contributed by atoms with E-state index in [0.29, 0.717) is 0 Å². The van der Waals surface area contributed by atoms with Crippen molar-refractivity contribution in [1.29, 1.82) is 0 Å². The third-order valence-corrected chi connectivity index (χ3v) is 9.18. The molecule has 6 rings (SSSR count). The molecule has 6 N–H and O–H groups in total. The van der Waals surface area contributed by atoms with Crippen molar-refractivity contribution in [2.75, 3.05) is 52.4 Å². The van der Waals surface area contributed by atoms with Crippen LogP contribution in [0.2, 0.25) is 0 Å². The molecule has 0 bridgehead atoms. The van der Waals surface area contributed by atoms with E-state index >= 15 is 0 Å². The highest BCUT2D eigenvalue weighted by molar-refractivity contribution is 6.02. The standard InChI is InChI=1S/C38H48N6/c1-37(43-23-32-14-9-13-29-10-3-6-15-33(29)32)25-39-18-20-41-27-38(2,28-42-21-19-40-26-37)44-24-36-34-16-7-4-11-30(34)22-31-12-5-8-17-35(31)36/h3-17,22,39-44H,18-21,23-28H2,1-2H3. The molecule has 1 heterocycles. The van der Waals surface area contributed by atoms with Crippen LogP contribution in [0.4, 0.5) is 0 Å². The number of benzene rings is 5. The van der Waals surface area contributed by atoms with Crippen LogP contribution < -0.4 is 31.9 Å². The molecule has 1 aliphatic heterocycles. The van der Waals surface area contributed by atoms with E-state index in [1.165, 1.54) is 43.4 Å². The summed E-state index contributed by atoms with van der Waals surface area (Å²) in [6.07, 6.45) is 0. The lowest BCUT2D eigenvalue weighted by atomic mass is 9.95. The SMILES string of the molecule is CC1(NCc2cccc3ccccc23)CNCCNCC(C)(NCc2c3ccccc3cc3ccccc23)CNCCNC1. The van der Waals surface area contributed by atoms with Crippen molar-refractivity contribution >= 4 is 32.3 Å². The van der Waals surface area contributed by atoms with E-state index in [2.05, 4.69) is 143 Å². The van der Waals surface area contributed by atoms with Crippen molar-refractivity contribution in [3.8, 4) is 0 Å². The number of fused-ring (bicyclic) bond motifs is 3. The summed E-state index contributed by atoms with van der Waals surface area (Å²) in [5, 5.41) is 30.7. The van der Waals surface area contributed by atoms with Crippen LogP contribution in [-0.2, 0) is 13.1 Å². The van der Waals surface area contributed by atoms with Gasteiger partial charge in [-0.2, -0.15) is 0 Å². The lowest BCUT2D eigenvalue weighted by Gasteiger charge is -2.34. The summed E-state index contributed by atoms with van der Waals surface area (Å²) in [4.78, 5) is 0. The largest absolute Gasteiger partial charge is 0.314 e. The second-order valence-corrected chi connectivity index (χ2v) is 13.0. The predicted molar refractivity (Wildman–Crippen MR) is 187 cm³/mol. The normalized spacial score (nSPS) is 22.7. The van der Waals surface area contributed by atoms with Crippen LogP contribution in [0.5, 0.6) is 0 Å². The molecule has 0 aliphatic carbocycles. The minimum Gasteiger partial charge on any atom is -0.314 e. The molecular formula is C38H48N6. The molecule has 0 spiro atoms. The minimum absolute atomic E-state index is 0.0711. The zero-order chi connectivity index (χ0) is 30.2. The molecule has 6 nitrogen and oxygen atoms in total. The highest BCUT2D eigenvalue weighted by Gasteiger charge is 2.26. The molecular weight excluding hydrogens is 540 g/mol. The van der Waals surface area contributed by atoms with Crippen LogP contribution >= 0.6 is 0 Å². The summed E-state index contributed by atoms with van der Waals surface area (Å²) in [7, 11) is 0. The van der Waals surface area contributed by atoms with Gasteiger partial charge in [0.25, 0.3) is 0 Å². The molecule has 6 heteroatoms. The quantitative estimate of drug-likeness (QED) is 0.158. The maximum atomic E-state index is 3.96. The number of hydrogen-bond donors (Lipinski definition) is 6. The first-order chi connectivity index (χ1) is 21.5. The van der Waals surface area contributed by atoms with Gasteiger partial charge in [-0.1, -0.05) is 91.0 Å². The lowest BCUT2D eigenvalue weighted by molar-refractivity contribution is 0.296. The molecule has 1 fully saturated rings. The molecule has 0 unspecified atom stereocenters. The monoisotopic (exact) mass is 588 g/mol. The Hall–Kier alpha value is -3.36. The average molecular weight is 589 g/mol. The summed E-state index contributed by atoms with van der Waals surface area (Å²) in [6.45, 7) is 13.5. The first kappa shape index (κ1) is 30.7. The third kappa shape index (κ3) is 7.46. The van der Waals surface area contributed by atoms with E-state index in [4.69, 9.17) is 0 Å². The van der Waals surface area contributed by atoms with E-state index in [1.807, 2.05) is 0 Å². The van der Waals surface area contributed by atoms with Gasteiger partial charge in [0.15, 0.2) is 0 Å². The first-order valence-electron chi connectivity index (χ1n) is 16.2. The molecule has 44 heavy (non-hydrogen) atoms.